The zero-order valence-electron chi connectivity index (χ0n) is 16.4. The minimum atomic E-state index is -3.62. The Morgan fingerprint density at radius 3 is 2.31 bits per heavy atom. The molecule has 0 amide bonds. The van der Waals surface area contributed by atoms with Crippen LogP contribution in [0.3, 0.4) is 0 Å². The molecule has 5 heteroatoms. The summed E-state index contributed by atoms with van der Waals surface area (Å²) >= 11 is 0. The molecule has 0 N–H and O–H groups in total. The van der Waals surface area contributed by atoms with Crippen LogP contribution in [0.1, 0.15) is 34.5 Å². The van der Waals surface area contributed by atoms with Gasteiger partial charge in [0, 0.05) is 13.1 Å². The molecule has 0 aliphatic carbocycles. The molecule has 1 fully saturated rings. The van der Waals surface area contributed by atoms with Crippen LogP contribution in [0.4, 0.5) is 0 Å². The van der Waals surface area contributed by atoms with Gasteiger partial charge in [-0.2, -0.15) is 4.31 Å². The van der Waals surface area contributed by atoms with Gasteiger partial charge in [0.15, 0.2) is 0 Å². The molecule has 4 nitrogen and oxygen atoms in total. The standard InChI is InChI=1S/C24H24N2O2S/c1-18-11-13-21(14-12-18)29(27,28)26-17-23-22-10-6-5-7-19(22)15-16-25(23)24(26)20-8-3-2-4-9-20/h2-14,23-24H,15-17H2,1H3/t23-,24-/m0/s1. The summed E-state index contributed by atoms with van der Waals surface area (Å²) in [4.78, 5) is 2.71. The highest BCUT2D eigenvalue weighted by Crippen LogP contribution is 2.46. The first-order valence-corrected chi connectivity index (χ1v) is 11.5. The highest BCUT2D eigenvalue weighted by molar-refractivity contribution is 7.89. The predicted octanol–water partition coefficient (Wildman–Crippen LogP) is 4.30. The molecule has 0 unspecified atom stereocenters. The van der Waals surface area contributed by atoms with Gasteiger partial charge in [-0.25, -0.2) is 8.42 Å². The van der Waals surface area contributed by atoms with Gasteiger partial charge in [-0.3, -0.25) is 4.90 Å². The molecule has 148 valence electrons. The van der Waals surface area contributed by atoms with E-state index in [2.05, 4.69) is 29.2 Å². The molecule has 29 heavy (non-hydrogen) atoms. The fourth-order valence-electron chi connectivity index (χ4n) is 4.66. The monoisotopic (exact) mass is 404 g/mol. The van der Waals surface area contributed by atoms with Crippen LogP contribution in [0, 0.1) is 6.92 Å². The first-order chi connectivity index (χ1) is 14.1. The first-order valence-electron chi connectivity index (χ1n) is 10.0. The van der Waals surface area contributed by atoms with E-state index in [0.717, 1.165) is 24.1 Å². The van der Waals surface area contributed by atoms with Crippen molar-refractivity contribution >= 4 is 10.0 Å². The number of hydrogen-bond acceptors (Lipinski definition) is 3. The van der Waals surface area contributed by atoms with E-state index in [1.54, 1.807) is 16.4 Å². The van der Waals surface area contributed by atoms with Gasteiger partial charge in [-0.1, -0.05) is 72.3 Å². The molecule has 0 spiro atoms. The largest absolute Gasteiger partial charge is 0.274 e. The summed E-state index contributed by atoms with van der Waals surface area (Å²) in [5.74, 6) is 0. The normalized spacial score (nSPS) is 22.2. The van der Waals surface area contributed by atoms with Gasteiger partial charge >= 0.3 is 0 Å². The molecule has 1 saturated heterocycles. The molecule has 0 saturated carbocycles. The molecular weight excluding hydrogens is 380 g/mol. The van der Waals surface area contributed by atoms with Crippen molar-refractivity contribution in [2.24, 2.45) is 0 Å². The van der Waals surface area contributed by atoms with Crippen molar-refractivity contribution in [1.29, 1.82) is 0 Å². The molecule has 0 radical (unpaired) electrons. The zero-order valence-corrected chi connectivity index (χ0v) is 17.2. The number of nitrogens with zero attached hydrogens (tertiary/aromatic N) is 2. The minimum Gasteiger partial charge on any atom is -0.274 e. The molecule has 2 aliphatic heterocycles. The van der Waals surface area contributed by atoms with Gasteiger partial charge in [0.2, 0.25) is 10.0 Å². The van der Waals surface area contributed by atoms with Crippen LogP contribution in [-0.4, -0.2) is 30.7 Å². The lowest BCUT2D eigenvalue weighted by atomic mass is 9.93. The van der Waals surface area contributed by atoms with Crippen LogP contribution in [0.15, 0.2) is 83.8 Å². The summed E-state index contributed by atoms with van der Waals surface area (Å²) in [6.45, 7) is 3.28. The second kappa shape index (κ2) is 7.10. The quantitative estimate of drug-likeness (QED) is 0.654. The van der Waals surface area contributed by atoms with Gasteiger partial charge in [0.05, 0.1) is 10.9 Å². The van der Waals surface area contributed by atoms with Crippen molar-refractivity contribution in [3.05, 3.63) is 101 Å². The molecule has 0 bridgehead atoms. The van der Waals surface area contributed by atoms with Crippen LogP contribution in [-0.2, 0) is 16.4 Å². The Labute approximate surface area is 172 Å². The average molecular weight is 405 g/mol. The number of aryl methyl sites for hydroxylation is 1. The zero-order chi connectivity index (χ0) is 20.0. The van der Waals surface area contributed by atoms with Crippen molar-refractivity contribution in [2.75, 3.05) is 13.1 Å². The Balaban J connectivity index is 1.63. The molecule has 0 aromatic heterocycles. The van der Waals surface area contributed by atoms with Gasteiger partial charge in [-0.15, -0.1) is 0 Å². The van der Waals surface area contributed by atoms with Crippen LogP contribution in [0.2, 0.25) is 0 Å². The summed E-state index contributed by atoms with van der Waals surface area (Å²) in [6.07, 6.45) is 0.648. The van der Waals surface area contributed by atoms with Crippen molar-refractivity contribution < 1.29 is 8.42 Å². The second-order valence-electron chi connectivity index (χ2n) is 7.87. The maximum absolute atomic E-state index is 13.7. The maximum Gasteiger partial charge on any atom is 0.244 e. The lowest BCUT2D eigenvalue weighted by molar-refractivity contribution is 0.154. The lowest BCUT2D eigenvalue weighted by Crippen LogP contribution is -2.37. The Morgan fingerprint density at radius 2 is 1.55 bits per heavy atom. The Kier molecular flexibility index (Phi) is 4.54. The Hall–Kier alpha value is -2.47. The Morgan fingerprint density at radius 1 is 0.862 bits per heavy atom. The number of fused-ring (bicyclic) bond motifs is 3. The highest BCUT2D eigenvalue weighted by Gasteiger charge is 2.48. The Bertz CT molecular complexity index is 1130. The van der Waals surface area contributed by atoms with Gasteiger partial charge < -0.3 is 0 Å². The van der Waals surface area contributed by atoms with Crippen LogP contribution in [0.25, 0.3) is 0 Å². The van der Waals surface area contributed by atoms with Crippen molar-refractivity contribution in [3.8, 4) is 0 Å². The second-order valence-corrected chi connectivity index (χ2v) is 9.77. The van der Waals surface area contributed by atoms with Crippen molar-refractivity contribution in [1.82, 2.24) is 9.21 Å². The third-order valence-electron chi connectivity index (χ3n) is 6.12. The van der Waals surface area contributed by atoms with Gasteiger partial charge in [0.25, 0.3) is 0 Å². The van der Waals surface area contributed by atoms with E-state index in [9.17, 15) is 8.42 Å². The molecule has 2 aliphatic rings. The summed E-state index contributed by atoms with van der Waals surface area (Å²) in [5, 5.41) is 0. The topological polar surface area (TPSA) is 40.6 Å². The van der Waals surface area contributed by atoms with E-state index in [-0.39, 0.29) is 12.2 Å². The van der Waals surface area contributed by atoms with Crippen LogP contribution >= 0.6 is 0 Å². The average Bonchev–Trinajstić information content (AvgIpc) is 3.16. The van der Waals surface area contributed by atoms with Crippen molar-refractivity contribution in [3.63, 3.8) is 0 Å². The van der Waals surface area contributed by atoms with E-state index in [0.29, 0.717) is 11.4 Å². The molecule has 2 heterocycles. The number of hydrogen-bond donors (Lipinski definition) is 0. The molecule has 3 aromatic rings. The fourth-order valence-corrected chi connectivity index (χ4v) is 6.25. The van der Waals surface area contributed by atoms with Crippen LogP contribution < -0.4 is 0 Å². The van der Waals surface area contributed by atoms with E-state index in [1.807, 2.05) is 49.4 Å². The summed E-state index contributed by atoms with van der Waals surface area (Å²) in [7, 11) is -3.62. The maximum atomic E-state index is 13.7. The fraction of sp³-hybridized carbons (Fsp3) is 0.250. The van der Waals surface area contributed by atoms with Crippen molar-refractivity contribution in [2.45, 2.75) is 30.4 Å². The van der Waals surface area contributed by atoms with E-state index < -0.39 is 10.0 Å². The summed E-state index contributed by atoms with van der Waals surface area (Å²) in [5.41, 5.74) is 4.65. The smallest absolute Gasteiger partial charge is 0.244 e. The molecule has 3 aromatic carbocycles. The van der Waals surface area contributed by atoms with Crippen LogP contribution in [0.5, 0.6) is 0 Å². The van der Waals surface area contributed by atoms with E-state index in [4.69, 9.17) is 0 Å². The third-order valence-corrected chi connectivity index (χ3v) is 7.95. The molecule has 2 atom stereocenters. The first kappa shape index (κ1) is 18.6. The molecule has 5 rings (SSSR count). The highest BCUT2D eigenvalue weighted by atomic mass is 32.2. The SMILES string of the molecule is Cc1ccc(S(=O)(=O)N2C[C@H]3c4ccccc4CCN3[C@@H]2c2ccccc2)cc1. The summed E-state index contributed by atoms with van der Waals surface area (Å²) in [6, 6.07) is 25.7. The number of benzene rings is 3. The van der Waals surface area contributed by atoms with Gasteiger partial charge in [0.1, 0.15) is 6.17 Å². The van der Waals surface area contributed by atoms with Gasteiger partial charge in [-0.05, 0) is 42.2 Å². The third kappa shape index (κ3) is 3.10. The lowest BCUT2D eigenvalue weighted by Gasteiger charge is -2.35. The molecular formula is C24H24N2O2S. The summed E-state index contributed by atoms with van der Waals surface area (Å²) < 4.78 is 29.1. The van der Waals surface area contributed by atoms with E-state index in [1.165, 1.54) is 11.1 Å². The number of rotatable bonds is 3. The van der Waals surface area contributed by atoms with E-state index >= 15 is 0 Å². The minimum absolute atomic E-state index is 0.0744. The number of sulfonamides is 1. The predicted molar refractivity (Wildman–Crippen MR) is 114 cm³/mol.